The van der Waals surface area contributed by atoms with Crippen molar-refractivity contribution in [1.29, 1.82) is 0 Å². The molecule has 2 heterocycles. The standard InChI is InChI=1S/C34H23N3/c1-36(24-8-4-2-5-9-24)29-17-14-22-12-16-27-33-23(13-15-26(29)32(22)33)20-31-34(27)28-21-35-19-18-30(28)37(31)25-10-6-3-7-11-25/h2-21H,1H3. The van der Waals surface area contributed by atoms with Gasteiger partial charge in [-0.1, -0.05) is 66.7 Å². The Kier molecular flexibility index (Phi) is 4.15. The third-order valence-corrected chi connectivity index (χ3v) is 7.81. The van der Waals surface area contributed by atoms with Crippen LogP contribution >= 0.6 is 0 Å². The van der Waals surface area contributed by atoms with Gasteiger partial charge in [-0.15, -0.1) is 0 Å². The van der Waals surface area contributed by atoms with Gasteiger partial charge >= 0.3 is 0 Å². The molecule has 3 heteroatoms. The molecule has 37 heavy (non-hydrogen) atoms. The predicted octanol–water partition coefficient (Wildman–Crippen LogP) is 8.84. The van der Waals surface area contributed by atoms with Crippen LogP contribution in [0.3, 0.4) is 0 Å². The third kappa shape index (κ3) is 2.80. The quantitative estimate of drug-likeness (QED) is 0.239. The summed E-state index contributed by atoms with van der Waals surface area (Å²) in [5.74, 6) is 0. The van der Waals surface area contributed by atoms with Gasteiger partial charge in [-0.05, 0) is 69.4 Å². The molecule has 174 valence electrons. The first-order valence-corrected chi connectivity index (χ1v) is 12.6. The normalized spacial score (nSPS) is 11.9. The lowest BCUT2D eigenvalue weighted by molar-refractivity contribution is 1.18. The van der Waals surface area contributed by atoms with E-state index in [0.717, 1.165) is 5.69 Å². The number of nitrogens with zero attached hydrogens (tertiary/aromatic N) is 3. The van der Waals surface area contributed by atoms with E-state index in [-0.39, 0.29) is 0 Å². The average Bonchev–Trinajstić information content (AvgIpc) is 3.30. The van der Waals surface area contributed by atoms with Crippen molar-refractivity contribution in [2.75, 3.05) is 11.9 Å². The molecule has 8 aromatic rings. The van der Waals surface area contributed by atoms with Crippen molar-refractivity contribution in [1.82, 2.24) is 9.55 Å². The molecule has 0 unspecified atom stereocenters. The summed E-state index contributed by atoms with van der Waals surface area (Å²) in [5.41, 5.74) is 5.93. The van der Waals surface area contributed by atoms with E-state index < -0.39 is 0 Å². The van der Waals surface area contributed by atoms with Gasteiger partial charge in [-0.3, -0.25) is 4.98 Å². The Morgan fingerprint density at radius 1 is 0.595 bits per heavy atom. The Morgan fingerprint density at radius 2 is 1.30 bits per heavy atom. The first-order valence-electron chi connectivity index (χ1n) is 12.6. The molecule has 0 saturated heterocycles. The van der Waals surface area contributed by atoms with Crippen LogP contribution in [-0.4, -0.2) is 16.6 Å². The van der Waals surface area contributed by atoms with Gasteiger partial charge in [0.25, 0.3) is 0 Å². The summed E-state index contributed by atoms with van der Waals surface area (Å²) in [5, 5.41) is 10.2. The zero-order valence-electron chi connectivity index (χ0n) is 20.4. The highest BCUT2D eigenvalue weighted by Crippen LogP contribution is 2.45. The summed E-state index contributed by atoms with van der Waals surface area (Å²) in [7, 11) is 2.15. The lowest BCUT2D eigenvalue weighted by atomic mass is 9.91. The number of pyridine rings is 1. The Morgan fingerprint density at radius 3 is 2.14 bits per heavy atom. The molecule has 2 aromatic heterocycles. The topological polar surface area (TPSA) is 21.1 Å². The van der Waals surface area contributed by atoms with Crippen LogP contribution in [-0.2, 0) is 0 Å². The van der Waals surface area contributed by atoms with E-state index in [2.05, 4.69) is 131 Å². The zero-order chi connectivity index (χ0) is 24.5. The number of benzene rings is 6. The number of fused-ring (bicyclic) bond motifs is 4. The molecule has 0 N–H and O–H groups in total. The van der Waals surface area contributed by atoms with Gasteiger partial charge in [0.05, 0.1) is 11.0 Å². The lowest BCUT2D eigenvalue weighted by Crippen LogP contribution is -2.09. The number of para-hydroxylation sites is 2. The van der Waals surface area contributed by atoms with Crippen molar-refractivity contribution in [3.05, 3.63) is 122 Å². The minimum atomic E-state index is 1.16. The van der Waals surface area contributed by atoms with Gasteiger partial charge < -0.3 is 9.47 Å². The molecule has 6 aromatic carbocycles. The molecular weight excluding hydrogens is 450 g/mol. The Bertz CT molecular complexity index is 2090. The van der Waals surface area contributed by atoms with Gasteiger partial charge in [0, 0.05) is 52.7 Å². The minimum absolute atomic E-state index is 1.16. The summed E-state index contributed by atoms with van der Waals surface area (Å²) in [6, 6.07) is 39.3. The maximum Gasteiger partial charge on any atom is 0.0572 e. The van der Waals surface area contributed by atoms with E-state index in [4.69, 9.17) is 0 Å². The van der Waals surface area contributed by atoms with Crippen LogP contribution in [0, 0.1) is 0 Å². The van der Waals surface area contributed by atoms with Crippen molar-refractivity contribution < 1.29 is 0 Å². The number of rotatable bonds is 3. The van der Waals surface area contributed by atoms with Crippen LogP contribution in [0.1, 0.15) is 0 Å². The second kappa shape index (κ2) is 7.55. The van der Waals surface area contributed by atoms with Gasteiger partial charge in [-0.2, -0.15) is 0 Å². The first-order chi connectivity index (χ1) is 18.3. The molecule has 0 aliphatic carbocycles. The van der Waals surface area contributed by atoms with E-state index in [9.17, 15) is 0 Å². The fraction of sp³-hybridized carbons (Fsp3) is 0.0294. The molecule has 0 atom stereocenters. The number of hydrogen-bond acceptors (Lipinski definition) is 2. The smallest absolute Gasteiger partial charge is 0.0572 e. The highest BCUT2D eigenvalue weighted by atomic mass is 15.1. The Hall–Kier alpha value is -4.89. The maximum atomic E-state index is 4.53. The minimum Gasteiger partial charge on any atom is -0.344 e. The number of hydrogen-bond donors (Lipinski definition) is 0. The summed E-state index contributed by atoms with van der Waals surface area (Å²) in [4.78, 5) is 6.81. The fourth-order valence-corrected chi connectivity index (χ4v) is 6.15. The summed E-state index contributed by atoms with van der Waals surface area (Å²) < 4.78 is 2.37. The van der Waals surface area contributed by atoms with E-state index in [1.165, 1.54) is 65.5 Å². The molecule has 0 saturated carbocycles. The van der Waals surface area contributed by atoms with Crippen molar-refractivity contribution in [2.24, 2.45) is 0 Å². The van der Waals surface area contributed by atoms with Crippen molar-refractivity contribution >= 4 is 65.5 Å². The molecule has 8 rings (SSSR count). The van der Waals surface area contributed by atoms with Crippen LogP contribution in [0.15, 0.2) is 122 Å². The van der Waals surface area contributed by atoms with Gasteiger partial charge in [0.1, 0.15) is 0 Å². The Labute approximate surface area is 214 Å². The zero-order valence-corrected chi connectivity index (χ0v) is 20.4. The molecule has 0 fully saturated rings. The van der Waals surface area contributed by atoms with Crippen LogP contribution in [0.4, 0.5) is 11.4 Å². The SMILES string of the molecule is CN(c1ccccc1)c1ccc2ccc3c4c(ccc1c24)cc1c3c2cnccc2n1-c1ccccc1. The van der Waals surface area contributed by atoms with Crippen molar-refractivity contribution in [3.8, 4) is 5.69 Å². The highest BCUT2D eigenvalue weighted by Gasteiger charge is 2.20. The third-order valence-electron chi connectivity index (χ3n) is 7.81. The molecule has 0 bridgehead atoms. The van der Waals surface area contributed by atoms with E-state index in [0.29, 0.717) is 0 Å². The molecule has 0 spiro atoms. The average molecular weight is 474 g/mol. The highest BCUT2D eigenvalue weighted by molar-refractivity contribution is 6.34. The molecule has 0 aliphatic rings. The van der Waals surface area contributed by atoms with Gasteiger partial charge in [0.15, 0.2) is 0 Å². The number of aromatic nitrogens is 2. The Balaban J connectivity index is 1.52. The van der Waals surface area contributed by atoms with E-state index in [1.54, 1.807) is 0 Å². The van der Waals surface area contributed by atoms with E-state index >= 15 is 0 Å². The lowest BCUT2D eigenvalue weighted by Gasteiger charge is -2.23. The van der Waals surface area contributed by atoms with Gasteiger partial charge in [0.2, 0.25) is 0 Å². The number of anilines is 2. The first kappa shape index (κ1) is 20.3. The van der Waals surface area contributed by atoms with Crippen molar-refractivity contribution in [3.63, 3.8) is 0 Å². The molecule has 0 amide bonds. The van der Waals surface area contributed by atoms with Crippen LogP contribution in [0.25, 0.3) is 59.8 Å². The molecule has 0 aliphatic heterocycles. The largest absolute Gasteiger partial charge is 0.344 e. The van der Waals surface area contributed by atoms with Crippen LogP contribution in [0.2, 0.25) is 0 Å². The van der Waals surface area contributed by atoms with Crippen LogP contribution < -0.4 is 4.90 Å². The fourth-order valence-electron chi connectivity index (χ4n) is 6.15. The van der Waals surface area contributed by atoms with Crippen LogP contribution in [0.5, 0.6) is 0 Å². The molecule has 0 radical (unpaired) electrons. The summed E-state index contributed by atoms with van der Waals surface area (Å²) >= 11 is 0. The predicted molar refractivity (Wildman–Crippen MR) is 157 cm³/mol. The summed E-state index contributed by atoms with van der Waals surface area (Å²) in [6.07, 6.45) is 3.91. The van der Waals surface area contributed by atoms with Gasteiger partial charge in [-0.25, -0.2) is 0 Å². The molecule has 3 nitrogen and oxygen atoms in total. The van der Waals surface area contributed by atoms with E-state index in [1.807, 2.05) is 12.4 Å². The summed E-state index contributed by atoms with van der Waals surface area (Å²) in [6.45, 7) is 0. The van der Waals surface area contributed by atoms with Crippen molar-refractivity contribution in [2.45, 2.75) is 0 Å². The second-order valence-electron chi connectivity index (χ2n) is 9.74. The second-order valence-corrected chi connectivity index (χ2v) is 9.74. The molecular formula is C34H23N3. The maximum absolute atomic E-state index is 4.53. The monoisotopic (exact) mass is 473 g/mol.